The summed E-state index contributed by atoms with van der Waals surface area (Å²) in [7, 11) is 0. The van der Waals surface area contributed by atoms with Gasteiger partial charge in [-0.25, -0.2) is 0 Å². The third-order valence-electron chi connectivity index (χ3n) is 4.35. The van der Waals surface area contributed by atoms with E-state index in [1.54, 1.807) is 0 Å². The van der Waals surface area contributed by atoms with E-state index in [0.29, 0.717) is 0 Å². The summed E-state index contributed by atoms with van der Waals surface area (Å²) >= 11 is 5.84. The average Bonchev–Trinajstić information content (AvgIpc) is 3.20. The Morgan fingerprint density at radius 2 is 1.97 bits per heavy atom. The Morgan fingerprint density at radius 1 is 1.23 bits per heavy atom. The molecule has 1 atom stereocenters. The molecule has 0 fully saturated rings. The first-order valence-electron chi connectivity index (χ1n) is 8.91. The molecule has 2 aromatic carbocycles. The topological polar surface area (TPSA) is 109 Å². The lowest BCUT2D eigenvalue weighted by atomic mass is 10.1. The fourth-order valence-electron chi connectivity index (χ4n) is 2.83. The van der Waals surface area contributed by atoms with E-state index in [9.17, 15) is 20.2 Å². The molecule has 3 rings (SSSR count). The second-order valence-corrected chi connectivity index (χ2v) is 6.83. The molecule has 0 aliphatic carbocycles. The summed E-state index contributed by atoms with van der Waals surface area (Å²) in [5.74, 6) is -0.113. The number of furan rings is 1. The van der Waals surface area contributed by atoms with E-state index in [2.05, 4.69) is 5.32 Å². The molecule has 3 aromatic rings. The molecule has 0 bridgehead atoms. The first kappa shape index (κ1) is 20.8. The maximum Gasteiger partial charge on any atom is 0.281 e. The number of nitrogens with zero attached hydrogens (tertiary/aromatic N) is 2. The molecule has 150 valence electrons. The Bertz CT molecular complexity index is 1160. The Kier molecular flexibility index (Phi) is 6.30. The van der Waals surface area contributed by atoms with Crippen LogP contribution in [0.15, 0.2) is 70.7 Å². The summed E-state index contributed by atoms with van der Waals surface area (Å²) in [6.45, 7) is 1.81. The summed E-state index contributed by atoms with van der Waals surface area (Å²) in [6, 6.07) is 18.2. The number of rotatable bonds is 6. The van der Waals surface area contributed by atoms with Crippen molar-refractivity contribution in [1.29, 1.82) is 5.26 Å². The standard InChI is InChI=1S/C22H16ClN3O4/c1-14(15-5-3-2-4-6-15)25-22(27)16(13-24)11-18-8-10-21(30-18)19-9-7-17(23)12-20(19)26(28)29/h2-12,14H,1H3,(H,25,27)/b16-11-/t14-/m0/s1. The van der Waals surface area contributed by atoms with Crippen molar-refractivity contribution >= 4 is 29.3 Å². The zero-order valence-electron chi connectivity index (χ0n) is 15.8. The Balaban J connectivity index is 1.83. The first-order chi connectivity index (χ1) is 14.4. The Hall–Kier alpha value is -3.89. The van der Waals surface area contributed by atoms with Gasteiger partial charge >= 0.3 is 0 Å². The van der Waals surface area contributed by atoms with Crippen LogP contribution in [0, 0.1) is 21.4 Å². The molecular formula is C22H16ClN3O4. The van der Waals surface area contributed by atoms with Crippen molar-refractivity contribution in [2.24, 2.45) is 0 Å². The van der Waals surface area contributed by atoms with Gasteiger partial charge in [0.25, 0.3) is 11.6 Å². The number of nitro groups is 1. The number of amides is 1. The molecule has 1 amide bonds. The zero-order valence-corrected chi connectivity index (χ0v) is 16.6. The Labute approximate surface area is 177 Å². The van der Waals surface area contributed by atoms with Crippen molar-refractivity contribution in [3.8, 4) is 17.4 Å². The highest BCUT2D eigenvalue weighted by Gasteiger charge is 2.19. The molecule has 30 heavy (non-hydrogen) atoms. The molecule has 8 heteroatoms. The summed E-state index contributed by atoms with van der Waals surface area (Å²) < 4.78 is 5.62. The minimum Gasteiger partial charge on any atom is -0.456 e. The summed E-state index contributed by atoms with van der Waals surface area (Å²) in [6.07, 6.45) is 1.29. The van der Waals surface area contributed by atoms with E-state index >= 15 is 0 Å². The highest BCUT2D eigenvalue weighted by atomic mass is 35.5. The second-order valence-electron chi connectivity index (χ2n) is 6.40. The third-order valence-corrected chi connectivity index (χ3v) is 4.58. The van der Waals surface area contributed by atoms with Gasteiger partial charge in [-0.15, -0.1) is 0 Å². The molecule has 0 spiro atoms. The van der Waals surface area contributed by atoms with Crippen LogP contribution in [0.5, 0.6) is 0 Å². The zero-order chi connectivity index (χ0) is 21.7. The number of halogens is 1. The van der Waals surface area contributed by atoms with E-state index in [1.807, 2.05) is 43.3 Å². The van der Waals surface area contributed by atoms with Crippen molar-refractivity contribution in [2.45, 2.75) is 13.0 Å². The summed E-state index contributed by atoms with van der Waals surface area (Å²) in [4.78, 5) is 23.2. The lowest BCUT2D eigenvalue weighted by Gasteiger charge is -2.13. The van der Waals surface area contributed by atoms with Gasteiger partial charge in [-0.1, -0.05) is 41.9 Å². The highest BCUT2D eigenvalue weighted by molar-refractivity contribution is 6.30. The number of hydrogen-bond donors (Lipinski definition) is 1. The van der Waals surface area contributed by atoms with Crippen molar-refractivity contribution in [2.75, 3.05) is 0 Å². The summed E-state index contributed by atoms with van der Waals surface area (Å²) in [5.41, 5.74) is 0.787. The smallest absolute Gasteiger partial charge is 0.281 e. The van der Waals surface area contributed by atoms with Crippen molar-refractivity contribution in [1.82, 2.24) is 5.32 Å². The normalized spacial score (nSPS) is 12.1. The van der Waals surface area contributed by atoms with Crippen LogP contribution in [0.25, 0.3) is 17.4 Å². The largest absolute Gasteiger partial charge is 0.456 e. The van der Waals surface area contributed by atoms with E-state index < -0.39 is 10.8 Å². The van der Waals surface area contributed by atoms with Gasteiger partial charge in [0.1, 0.15) is 23.2 Å². The number of hydrogen-bond acceptors (Lipinski definition) is 5. The van der Waals surface area contributed by atoms with E-state index in [-0.39, 0.29) is 39.4 Å². The number of benzene rings is 2. The molecule has 0 radical (unpaired) electrons. The van der Waals surface area contributed by atoms with Crippen LogP contribution in [0.3, 0.4) is 0 Å². The molecule has 0 saturated carbocycles. The lowest BCUT2D eigenvalue weighted by Crippen LogP contribution is -2.27. The predicted octanol–water partition coefficient (Wildman–Crippen LogP) is 5.29. The quantitative estimate of drug-likeness (QED) is 0.251. The SMILES string of the molecule is C[C@H](NC(=O)/C(C#N)=C\c1ccc(-c2ccc(Cl)cc2[N+](=O)[O-])o1)c1ccccc1. The van der Waals surface area contributed by atoms with Crippen LogP contribution >= 0.6 is 11.6 Å². The van der Waals surface area contributed by atoms with Gasteiger partial charge in [-0.05, 0) is 36.8 Å². The van der Waals surface area contributed by atoms with Crippen LogP contribution in [-0.2, 0) is 4.79 Å². The van der Waals surface area contributed by atoms with Gasteiger partial charge in [0.2, 0.25) is 0 Å². The van der Waals surface area contributed by atoms with E-state index in [0.717, 1.165) is 5.56 Å². The van der Waals surface area contributed by atoms with Gasteiger partial charge in [-0.2, -0.15) is 5.26 Å². The van der Waals surface area contributed by atoms with Crippen LogP contribution < -0.4 is 5.32 Å². The fraction of sp³-hybridized carbons (Fsp3) is 0.0909. The lowest BCUT2D eigenvalue weighted by molar-refractivity contribution is -0.384. The number of nitriles is 1. The summed E-state index contributed by atoms with van der Waals surface area (Å²) in [5, 5.41) is 23.7. The van der Waals surface area contributed by atoms with Crippen LogP contribution in [0.1, 0.15) is 24.3 Å². The molecule has 0 unspecified atom stereocenters. The molecule has 0 aliphatic rings. The number of nitrogens with one attached hydrogen (secondary N) is 1. The van der Waals surface area contributed by atoms with Crippen molar-refractivity contribution in [3.63, 3.8) is 0 Å². The molecule has 1 aromatic heterocycles. The minimum absolute atomic E-state index is 0.149. The molecule has 1 N–H and O–H groups in total. The number of carbonyl (C=O) groups excluding carboxylic acids is 1. The molecule has 7 nitrogen and oxygen atoms in total. The van der Waals surface area contributed by atoms with Crippen molar-refractivity contribution in [3.05, 3.63) is 92.7 Å². The van der Waals surface area contributed by atoms with Gasteiger partial charge in [0, 0.05) is 17.2 Å². The van der Waals surface area contributed by atoms with Gasteiger partial charge in [0.05, 0.1) is 16.5 Å². The predicted molar refractivity (Wildman–Crippen MR) is 112 cm³/mol. The number of nitro benzene ring substituents is 1. The molecule has 1 heterocycles. The van der Waals surface area contributed by atoms with Crippen LogP contribution in [-0.4, -0.2) is 10.8 Å². The molecule has 0 saturated heterocycles. The third kappa shape index (κ3) is 4.74. The minimum atomic E-state index is -0.557. The maximum atomic E-state index is 12.5. The van der Waals surface area contributed by atoms with Crippen LogP contribution in [0.4, 0.5) is 5.69 Å². The van der Waals surface area contributed by atoms with Gasteiger partial charge < -0.3 is 9.73 Å². The molecule has 0 aliphatic heterocycles. The maximum absolute atomic E-state index is 12.5. The van der Waals surface area contributed by atoms with Gasteiger partial charge in [-0.3, -0.25) is 14.9 Å². The average molecular weight is 422 g/mol. The van der Waals surface area contributed by atoms with Crippen molar-refractivity contribution < 1.29 is 14.1 Å². The van der Waals surface area contributed by atoms with Crippen LogP contribution in [0.2, 0.25) is 5.02 Å². The number of carbonyl (C=O) groups is 1. The first-order valence-corrected chi connectivity index (χ1v) is 9.28. The van der Waals surface area contributed by atoms with E-state index in [4.69, 9.17) is 16.0 Å². The monoisotopic (exact) mass is 421 g/mol. The molecular weight excluding hydrogens is 406 g/mol. The van der Waals surface area contributed by atoms with E-state index in [1.165, 1.54) is 36.4 Å². The fourth-order valence-corrected chi connectivity index (χ4v) is 3.00. The highest BCUT2D eigenvalue weighted by Crippen LogP contribution is 2.33. The second kappa shape index (κ2) is 9.07. The Morgan fingerprint density at radius 3 is 2.63 bits per heavy atom. The van der Waals surface area contributed by atoms with Gasteiger partial charge in [0.15, 0.2) is 0 Å².